The zero-order valence-corrected chi connectivity index (χ0v) is 11.4. The Morgan fingerprint density at radius 2 is 1.53 bits per heavy atom. The molecule has 0 aromatic heterocycles. The molecule has 0 saturated carbocycles. The summed E-state index contributed by atoms with van der Waals surface area (Å²) in [5.41, 5.74) is -6.28. The monoisotopic (exact) mass is 400 g/mol. The number of benzene rings is 1. The molecule has 1 rings (SSSR count). The van der Waals surface area contributed by atoms with Gasteiger partial charge in [-0.05, 0) is 34.7 Å². The Morgan fingerprint density at radius 1 is 1.05 bits per heavy atom. The minimum absolute atomic E-state index is 0.190. The number of hydrogen-bond donors (Lipinski definition) is 1. The first-order chi connectivity index (χ1) is 8.45. The van der Waals surface area contributed by atoms with Gasteiger partial charge in [0.25, 0.3) is 5.60 Å². The number of hydrogen-bond acceptors (Lipinski definition) is 2. The van der Waals surface area contributed by atoms with Crippen LogP contribution in [-0.2, 0) is 5.60 Å². The third-order valence-corrected chi connectivity index (χ3v) is 3.28. The van der Waals surface area contributed by atoms with E-state index in [0.29, 0.717) is 15.7 Å². The van der Waals surface area contributed by atoms with E-state index in [1.807, 2.05) is 0 Å². The van der Waals surface area contributed by atoms with E-state index in [9.17, 15) is 26.3 Å². The first kappa shape index (κ1) is 16.3. The maximum absolute atomic E-state index is 12.6. The number of ether oxygens (including phenoxy) is 1. The van der Waals surface area contributed by atoms with Crippen molar-refractivity contribution in [3.63, 3.8) is 0 Å². The lowest BCUT2D eigenvalue weighted by atomic mass is 9.92. The Hall–Kier alpha value is -0.710. The van der Waals surface area contributed by atoms with Gasteiger partial charge in [0, 0.05) is 5.56 Å². The van der Waals surface area contributed by atoms with Crippen molar-refractivity contribution >= 4 is 22.6 Å². The molecule has 0 aliphatic carbocycles. The highest BCUT2D eigenvalue weighted by Gasteiger charge is 2.71. The highest BCUT2D eigenvalue weighted by Crippen LogP contribution is 2.50. The molecular formula is C10H7F6IO2. The molecule has 9 heteroatoms. The van der Waals surface area contributed by atoms with Crippen LogP contribution in [0.2, 0.25) is 0 Å². The van der Waals surface area contributed by atoms with Gasteiger partial charge in [-0.3, -0.25) is 0 Å². The fourth-order valence-electron chi connectivity index (χ4n) is 1.37. The third kappa shape index (κ3) is 2.76. The molecule has 108 valence electrons. The molecule has 0 heterocycles. The molecule has 0 unspecified atom stereocenters. The molecule has 0 aliphatic heterocycles. The van der Waals surface area contributed by atoms with Gasteiger partial charge in [0.2, 0.25) is 0 Å². The van der Waals surface area contributed by atoms with Crippen molar-refractivity contribution in [1.82, 2.24) is 0 Å². The molecule has 19 heavy (non-hydrogen) atoms. The minimum atomic E-state index is -5.90. The lowest BCUT2D eigenvalue weighted by Gasteiger charge is -2.32. The second-order valence-corrected chi connectivity index (χ2v) is 4.72. The van der Waals surface area contributed by atoms with Gasteiger partial charge in [0.05, 0.1) is 10.7 Å². The van der Waals surface area contributed by atoms with Crippen molar-refractivity contribution in [3.05, 3.63) is 27.3 Å². The molecule has 0 fully saturated rings. The van der Waals surface area contributed by atoms with Crippen LogP contribution in [-0.4, -0.2) is 24.6 Å². The fraction of sp³-hybridized carbons (Fsp3) is 0.400. The summed E-state index contributed by atoms with van der Waals surface area (Å²) in [6.45, 7) is 0. The molecule has 0 saturated heterocycles. The van der Waals surface area contributed by atoms with Crippen LogP contribution in [0.3, 0.4) is 0 Å². The van der Waals surface area contributed by atoms with Gasteiger partial charge in [-0.25, -0.2) is 0 Å². The molecule has 0 atom stereocenters. The quantitative estimate of drug-likeness (QED) is 0.608. The first-order valence-corrected chi connectivity index (χ1v) is 5.73. The molecule has 0 bridgehead atoms. The summed E-state index contributed by atoms with van der Waals surface area (Å²) in [5, 5.41) is 9.16. The average molecular weight is 400 g/mol. The van der Waals surface area contributed by atoms with Gasteiger partial charge < -0.3 is 9.84 Å². The SMILES string of the molecule is COc1cc(C(O)(C(F)(F)F)C(F)(F)F)ccc1I. The van der Waals surface area contributed by atoms with Crippen LogP contribution in [0.4, 0.5) is 26.3 Å². The summed E-state index contributed by atoms with van der Waals surface area (Å²) in [6.07, 6.45) is -11.8. The lowest BCUT2D eigenvalue weighted by molar-refractivity contribution is -0.376. The van der Waals surface area contributed by atoms with E-state index in [1.54, 1.807) is 22.6 Å². The second kappa shape index (κ2) is 5.00. The van der Waals surface area contributed by atoms with Crippen molar-refractivity contribution in [1.29, 1.82) is 0 Å². The fourth-order valence-corrected chi connectivity index (χ4v) is 1.93. The summed E-state index contributed by atoms with van der Waals surface area (Å²) in [7, 11) is 1.10. The first-order valence-electron chi connectivity index (χ1n) is 4.65. The van der Waals surface area contributed by atoms with E-state index in [0.717, 1.165) is 13.2 Å². The lowest BCUT2D eigenvalue weighted by Crippen LogP contribution is -2.53. The maximum atomic E-state index is 12.6. The van der Waals surface area contributed by atoms with E-state index in [1.165, 1.54) is 0 Å². The van der Waals surface area contributed by atoms with Crippen molar-refractivity contribution < 1.29 is 36.2 Å². The van der Waals surface area contributed by atoms with Gasteiger partial charge in [0.15, 0.2) is 0 Å². The third-order valence-electron chi connectivity index (χ3n) is 2.39. The Morgan fingerprint density at radius 3 is 1.89 bits per heavy atom. The van der Waals surface area contributed by atoms with Gasteiger partial charge >= 0.3 is 12.4 Å². The number of rotatable bonds is 2. The van der Waals surface area contributed by atoms with E-state index < -0.39 is 23.5 Å². The van der Waals surface area contributed by atoms with Gasteiger partial charge in [-0.1, -0.05) is 6.07 Å². The second-order valence-electron chi connectivity index (χ2n) is 3.56. The van der Waals surface area contributed by atoms with Crippen LogP contribution in [0.25, 0.3) is 0 Å². The predicted octanol–water partition coefficient (Wildman–Crippen LogP) is 3.61. The molecule has 0 radical (unpaired) electrons. The Bertz CT molecular complexity index is 454. The van der Waals surface area contributed by atoms with Crippen LogP contribution >= 0.6 is 22.6 Å². The van der Waals surface area contributed by atoms with Crippen LogP contribution in [0.1, 0.15) is 5.56 Å². The van der Waals surface area contributed by atoms with Crippen LogP contribution in [0, 0.1) is 3.57 Å². The highest BCUT2D eigenvalue weighted by molar-refractivity contribution is 14.1. The summed E-state index contributed by atoms with van der Waals surface area (Å²) < 4.78 is 80.6. The number of alkyl halides is 6. The van der Waals surface area contributed by atoms with Crippen LogP contribution in [0.15, 0.2) is 18.2 Å². The molecular weight excluding hydrogens is 393 g/mol. The summed E-state index contributed by atoms with van der Waals surface area (Å²) in [6, 6.07) is 2.07. The topological polar surface area (TPSA) is 29.5 Å². The van der Waals surface area contributed by atoms with E-state index >= 15 is 0 Å². The molecule has 0 spiro atoms. The highest BCUT2D eigenvalue weighted by atomic mass is 127. The normalized spacial score (nSPS) is 13.5. The van der Waals surface area contributed by atoms with Crippen molar-refractivity contribution in [2.75, 3.05) is 7.11 Å². The Labute approximate surface area is 117 Å². The minimum Gasteiger partial charge on any atom is -0.496 e. The Kier molecular flexibility index (Phi) is 4.30. The van der Waals surface area contributed by atoms with Gasteiger partial charge in [-0.15, -0.1) is 0 Å². The zero-order chi connectivity index (χ0) is 15.1. The molecule has 0 aliphatic rings. The maximum Gasteiger partial charge on any atom is 0.430 e. The molecule has 1 aromatic carbocycles. The molecule has 2 nitrogen and oxygen atoms in total. The largest absolute Gasteiger partial charge is 0.496 e. The van der Waals surface area contributed by atoms with Crippen molar-refractivity contribution in [2.24, 2.45) is 0 Å². The molecule has 0 amide bonds. The molecule has 1 aromatic rings. The summed E-state index contributed by atoms with van der Waals surface area (Å²) >= 11 is 1.68. The number of aliphatic hydroxyl groups is 1. The standard InChI is InChI=1S/C10H7F6IO2/c1-19-7-4-5(2-3-6(7)17)8(18,9(11,12)13)10(14,15)16/h2-4,18H,1H3. The Balaban J connectivity index is 3.52. The van der Waals surface area contributed by atoms with Crippen LogP contribution < -0.4 is 4.74 Å². The van der Waals surface area contributed by atoms with Crippen LogP contribution in [0.5, 0.6) is 5.75 Å². The van der Waals surface area contributed by atoms with E-state index in [4.69, 9.17) is 5.11 Å². The van der Waals surface area contributed by atoms with Gasteiger partial charge in [-0.2, -0.15) is 26.3 Å². The number of methoxy groups -OCH3 is 1. The smallest absolute Gasteiger partial charge is 0.430 e. The summed E-state index contributed by atoms with van der Waals surface area (Å²) in [4.78, 5) is 0. The average Bonchev–Trinajstić information content (AvgIpc) is 2.25. The predicted molar refractivity (Wildman–Crippen MR) is 61.7 cm³/mol. The van der Waals surface area contributed by atoms with Crippen molar-refractivity contribution in [3.8, 4) is 5.75 Å². The van der Waals surface area contributed by atoms with Crippen molar-refractivity contribution in [2.45, 2.75) is 18.0 Å². The zero-order valence-electron chi connectivity index (χ0n) is 9.23. The molecule has 1 N–H and O–H groups in total. The van der Waals surface area contributed by atoms with Gasteiger partial charge in [0.1, 0.15) is 5.75 Å². The number of halogens is 7. The van der Waals surface area contributed by atoms with E-state index in [-0.39, 0.29) is 5.75 Å². The van der Waals surface area contributed by atoms with E-state index in [2.05, 4.69) is 4.74 Å². The summed E-state index contributed by atoms with van der Waals surface area (Å²) in [5.74, 6) is -0.190.